The number of nitrogens with one attached hydrogen (secondary N) is 1. The Bertz CT molecular complexity index is 975. The van der Waals surface area contributed by atoms with Crippen LogP contribution in [0, 0.1) is 16.0 Å². The van der Waals surface area contributed by atoms with Crippen LogP contribution in [-0.2, 0) is 19.1 Å². The first-order chi connectivity index (χ1) is 14.4. The molecule has 3 rings (SSSR count). The molecule has 0 bridgehead atoms. The van der Waals surface area contributed by atoms with Gasteiger partial charge in [-0.25, -0.2) is 0 Å². The number of hydrogen-bond donors (Lipinski definition) is 1. The Labute approximate surface area is 171 Å². The molecule has 0 spiro atoms. The third kappa shape index (κ3) is 4.72. The number of methoxy groups -OCH3 is 1. The zero-order valence-electron chi connectivity index (χ0n) is 16.1. The molecule has 1 fully saturated rings. The molecule has 0 unspecified atom stereocenters. The summed E-state index contributed by atoms with van der Waals surface area (Å²) < 4.78 is 10.2. The number of ether oxygens (including phenoxy) is 2. The van der Waals surface area contributed by atoms with Crippen molar-refractivity contribution >= 4 is 34.8 Å². The zero-order valence-corrected chi connectivity index (χ0v) is 16.1. The number of amides is 2. The Balaban J connectivity index is 1.54. The van der Waals surface area contributed by atoms with Gasteiger partial charge in [-0.3, -0.25) is 24.5 Å². The molecule has 10 nitrogen and oxygen atoms in total. The molecule has 30 heavy (non-hydrogen) atoms. The first-order valence-electron chi connectivity index (χ1n) is 9.03. The highest BCUT2D eigenvalue weighted by atomic mass is 16.6. The molecule has 1 aliphatic heterocycles. The van der Waals surface area contributed by atoms with Crippen LogP contribution in [0.5, 0.6) is 5.75 Å². The highest BCUT2D eigenvalue weighted by Gasteiger charge is 2.36. The lowest BCUT2D eigenvalue weighted by Crippen LogP contribution is -2.28. The summed E-state index contributed by atoms with van der Waals surface area (Å²) in [6.45, 7) is -0.428. The van der Waals surface area contributed by atoms with Crippen LogP contribution >= 0.6 is 0 Å². The minimum atomic E-state index is -0.730. The Hall–Kier alpha value is -3.95. The number of nitrogens with zero attached hydrogens (tertiary/aromatic N) is 2. The molecular weight excluding hydrogens is 394 g/mol. The predicted molar refractivity (Wildman–Crippen MR) is 106 cm³/mol. The molecule has 156 valence electrons. The first-order valence-corrected chi connectivity index (χ1v) is 9.03. The van der Waals surface area contributed by atoms with E-state index in [0.29, 0.717) is 17.1 Å². The number of rotatable bonds is 7. The lowest BCUT2D eigenvalue weighted by Gasteiger charge is -2.16. The number of esters is 1. The molecule has 1 aliphatic rings. The van der Waals surface area contributed by atoms with E-state index in [1.165, 1.54) is 36.3 Å². The van der Waals surface area contributed by atoms with Crippen molar-refractivity contribution in [3.05, 3.63) is 58.6 Å². The average Bonchev–Trinajstić information content (AvgIpc) is 3.14. The van der Waals surface area contributed by atoms with Gasteiger partial charge >= 0.3 is 5.97 Å². The Morgan fingerprint density at radius 2 is 1.90 bits per heavy atom. The van der Waals surface area contributed by atoms with E-state index in [-0.39, 0.29) is 24.6 Å². The van der Waals surface area contributed by atoms with E-state index in [4.69, 9.17) is 9.47 Å². The molecule has 0 radical (unpaired) electrons. The fourth-order valence-electron chi connectivity index (χ4n) is 3.06. The van der Waals surface area contributed by atoms with Crippen LogP contribution in [0.3, 0.4) is 0 Å². The fraction of sp³-hybridized carbons (Fsp3) is 0.250. The molecule has 0 saturated carbocycles. The average molecular weight is 413 g/mol. The minimum absolute atomic E-state index is 0.0655. The number of para-hydroxylation sites is 2. The monoisotopic (exact) mass is 413 g/mol. The smallest absolute Gasteiger partial charge is 0.311 e. The standard InChI is InChI=1S/C20H19N3O7/c1-29-17-5-3-2-4-16(17)21-18(24)12-30-20(26)13-10-19(25)22(11-13)14-6-8-15(9-7-14)23(27)28/h2-9,13H,10-12H2,1H3,(H,21,24)/t13-/m1/s1. The second-order valence-corrected chi connectivity index (χ2v) is 6.54. The molecule has 1 atom stereocenters. The molecule has 2 aromatic rings. The van der Waals surface area contributed by atoms with Crippen LogP contribution in [0.2, 0.25) is 0 Å². The van der Waals surface area contributed by atoms with E-state index in [2.05, 4.69) is 5.32 Å². The van der Waals surface area contributed by atoms with Crippen LogP contribution in [0.4, 0.5) is 17.1 Å². The summed E-state index contributed by atoms with van der Waals surface area (Å²) in [6, 6.07) is 12.3. The summed E-state index contributed by atoms with van der Waals surface area (Å²) in [5.74, 6) is -1.76. The van der Waals surface area contributed by atoms with Crippen molar-refractivity contribution in [3.8, 4) is 5.75 Å². The van der Waals surface area contributed by atoms with Crippen LogP contribution < -0.4 is 15.0 Å². The van der Waals surface area contributed by atoms with Gasteiger partial charge in [0.1, 0.15) is 5.75 Å². The van der Waals surface area contributed by atoms with Gasteiger partial charge in [0.25, 0.3) is 11.6 Å². The van der Waals surface area contributed by atoms with E-state index >= 15 is 0 Å². The Morgan fingerprint density at radius 1 is 1.20 bits per heavy atom. The normalized spacial score (nSPS) is 15.6. The van der Waals surface area contributed by atoms with Crippen LogP contribution in [0.15, 0.2) is 48.5 Å². The molecule has 10 heteroatoms. The number of nitro groups is 1. The van der Waals surface area contributed by atoms with Crippen LogP contribution in [-0.4, -0.2) is 43.0 Å². The topological polar surface area (TPSA) is 128 Å². The molecule has 2 aromatic carbocycles. The van der Waals surface area contributed by atoms with E-state index in [0.717, 1.165) is 0 Å². The Morgan fingerprint density at radius 3 is 2.57 bits per heavy atom. The maximum absolute atomic E-state index is 12.3. The number of benzene rings is 2. The summed E-state index contributed by atoms with van der Waals surface area (Å²) >= 11 is 0. The third-order valence-electron chi connectivity index (χ3n) is 4.56. The van der Waals surface area contributed by atoms with Crippen molar-refractivity contribution in [3.63, 3.8) is 0 Å². The minimum Gasteiger partial charge on any atom is -0.495 e. The number of anilines is 2. The van der Waals surface area contributed by atoms with Crippen molar-refractivity contribution in [2.24, 2.45) is 5.92 Å². The van der Waals surface area contributed by atoms with Gasteiger partial charge in [-0.15, -0.1) is 0 Å². The van der Waals surface area contributed by atoms with Crippen molar-refractivity contribution in [1.82, 2.24) is 0 Å². The quantitative estimate of drug-likeness (QED) is 0.418. The zero-order chi connectivity index (χ0) is 21.7. The molecule has 1 saturated heterocycles. The van der Waals surface area contributed by atoms with Gasteiger partial charge in [-0.1, -0.05) is 12.1 Å². The predicted octanol–water partition coefficient (Wildman–Crippen LogP) is 2.14. The van der Waals surface area contributed by atoms with E-state index in [9.17, 15) is 24.5 Å². The van der Waals surface area contributed by atoms with E-state index in [1.54, 1.807) is 24.3 Å². The number of nitro benzene ring substituents is 1. The van der Waals surface area contributed by atoms with Crippen molar-refractivity contribution in [2.45, 2.75) is 6.42 Å². The molecule has 2 amide bonds. The number of carbonyl (C=O) groups is 3. The van der Waals surface area contributed by atoms with Gasteiger partial charge in [0.05, 0.1) is 23.6 Å². The summed E-state index contributed by atoms with van der Waals surface area (Å²) in [7, 11) is 1.47. The van der Waals surface area contributed by atoms with Gasteiger partial charge in [-0.2, -0.15) is 0 Å². The van der Waals surface area contributed by atoms with Gasteiger partial charge in [0.2, 0.25) is 5.91 Å². The second-order valence-electron chi connectivity index (χ2n) is 6.54. The maximum atomic E-state index is 12.3. The molecule has 0 aliphatic carbocycles. The first kappa shape index (κ1) is 20.8. The summed E-state index contributed by atoms with van der Waals surface area (Å²) in [6.07, 6.45) is -0.0655. The van der Waals surface area contributed by atoms with Crippen LogP contribution in [0.25, 0.3) is 0 Å². The van der Waals surface area contributed by atoms with Gasteiger partial charge < -0.3 is 19.7 Å². The van der Waals surface area contributed by atoms with Crippen molar-refractivity contribution in [2.75, 3.05) is 30.5 Å². The highest BCUT2D eigenvalue weighted by Crippen LogP contribution is 2.27. The van der Waals surface area contributed by atoms with E-state index in [1.807, 2.05) is 0 Å². The molecule has 0 aromatic heterocycles. The maximum Gasteiger partial charge on any atom is 0.311 e. The third-order valence-corrected chi connectivity index (χ3v) is 4.56. The summed E-state index contributed by atoms with van der Waals surface area (Å²) in [4.78, 5) is 48.2. The summed E-state index contributed by atoms with van der Waals surface area (Å²) in [5, 5.41) is 13.3. The SMILES string of the molecule is COc1ccccc1NC(=O)COC(=O)[C@@H]1CC(=O)N(c2ccc([N+](=O)[O-])cc2)C1. The Kier molecular flexibility index (Phi) is 6.26. The number of hydrogen-bond acceptors (Lipinski definition) is 7. The van der Waals surface area contributed by atoms with Crippen LogP contribution in [0.1, 0.15) is 6.42 Å². The van der Waals surface area contributed by atoms with Crippen molar-refractivity contribution < 1.29 is 28.8 Å². The van der Waals surface area contributed by atoms with E-state index < -0.39 is 29.3 Å². The summed E-state index contributed by atoms with van der Waals surface area (Å²) in [5.41, 5.74) is 0.804. The highest BCUT2D eigenvalue weighted by molar-refractivity contribution is 6.00. The van der Waals surface area contributed by atoms with Gasteiger partial charge in [-0.05, 0) is 24.3 Å². The van der Waals surface area contributed by atoms with Gasteiger partial charge in [0.15, 0.2) is 6.61 Å². The number of carbonyl (C=O) groups excluding carboxylic acids is 3. The fourth-order valence-corrected chi connectivity index (χ4v) is 3.06. The molecular formula is C20H19N3O7. The molecule has 1 N–H and O–H groups in total. The number of non-ortho nitro benzene ring substituents is 1. The van der Waals surface area contributed by atoms with Crippen molar-refractivity contribution in [1.29, 1.82) is 0 Å². The largest absolute Gasteiger partial charge is 0.495 e. The molecule has 1 heterocycles. The van der Waals surface area contributed by atoms with Gasteiger partial charge in [0, 0.05) is 30.8 Å². The lowest BCUT2D eigenvalue weighted by molar-refractivity contribution is -0.384. The lowest BCUT2D eigenvalue weighted by atomic mass is 10.1. The second kappa shape index (κ2) is 9.03.